The maximum atomic E-state index is 13.0. The van der Waals surface area contributed by atoms with E-state index in [1.807, 2.05) is 18.2 Å². The van der Waals surface area contributed by atoms with Gasteiger partial charge in [0.25, 0.3) is 11.8 Å². The Morgan fingerprint density at radius 3 is 1.96 bits per heavy atom. The van der Waals surface area contributed by atoms with Crippen molar-refractivity contribution in [3.05, 3.63) is 71.3 Å². The standard InChI is InChI=1S/C22H19NO5/c24-18-16-8-4-5-9-17(16)19(25)23(18)28-20(26)21-10-12-22(13-11-21,27-14-21)15-6-2-1-3-7-15/h1-9H,10-14H2. The second-order valence-electron chi connectivity index (χ2n) is 7.76. The van der Waals surface area contributed by atoms with Gasteiger partial charge in [-0.3, -0.25) is 9.59 Å². The number of imide groups is 1. The second kappa shape index (κ2) is 6.01. The van der Waals surface area contributed by atoms with Crippen molar-refractivity contribution in [2.75, 3.05) is 6.61 Å². The van der Waals surface area contributed by atoms with Crippen LogP contribution in [0.4, 0.5) is 0 Å². The lowest BCUT2D eigenvalue weighted by molar-refractivity contribution is -0.223. The molecule has 0 spiro atoms. The van der Waals surface area contributed by atoms with Gasteiger partial charge >= 0.3 is 5.97 Å². The van der Waals surface area contributed by atoms with Crippen molar-refractivity contribution in [1.82, 2.24) is 5.06 Å². The van der Waals surface area contributed by atoms with Gasteiger partial charge in [-0.2, -0.15) is 0 Å². The lowest BCUT2D eigenvalue weighted by atomic mass is 9.64. The Hall–Kier alpha value is -2.99. The zero-order chi connectivity index (χ0) is 19.4. The third-order valence-electron chi connectivity index (χ3n) is 6.30. The minimum atomic E-state index is -0.814. The lowest BCUT2D eigenvalue weighted by Crippen LogP contribution is -2.54. The summed E-state index contributed by atoms with van der Waals surface area (Å²) >= 11 is 0. The molecule has 4 aliphatic rings. The normalized spacial score (nSPS) is 28.4. The molecule has 0 aromatic heterocycles. The summed E-state index contributed by atoms with van der Waals surface area (Å²) in [5.74, 6) is -1.77. The van der Waals surface area contributed by atoms with Crippen LogP contribution < -0.4 is 0 Å². The van der Waals surface area contributed by atoms with Gasteiger partial charge < -0.3 is 9.57 Å². The molecule has 2 aromatic carbocycles. The third-order valence-corrected chi connectivity index (χ3v) is 6.30. The quantitative estimate of drug-likeness (QED) is 0.768. The topological polar surface area (TPSA) is 72.9 Å². The molecule has 142 valence electrons. The van der Waals surface area contributed by atoms with E-state index in [4.69, 9.17) is 9.57 Å². The van der Waals surface area contributed by atoms with Gasteiger partial charge in [0.1, 0.15) is 0 Å². The average molecular weight is 377 g/mol. The monoisotopic (exact) mass is 377 g/mol. The SMILES string of the molecule is O=C1c2ccccc2C(=O)N1OC(=O)C12CCC(c3ccccc3)(CC1)OC2. The zero-order valence-corrected chi connectivity index (χ0v) is 15.2. The number of nitrogens with zero attached hydrogens (tertiary/aromatic N) is 1. The first-order valence-corrected chi connectivity index (χ1v) is 9.44. The van der Waals surface area contributed by atoms with E-state index in [0.29, 0.717) is 30.7 Å². The van der Waals surface area contributed by atoms with Crippen molar-refractivity contribution < 1.29 is 24.0 Å². The van der Waals surface area contributed by atoms with Crippen LogP contribution in [0.5, 0.6) is 0 Å². The van der Waals surface area contributed by atoms with Crippen molar-refractivity contribution in [3.8, 4) is 0 Å². The molecule has 0 radical (unpaired) electrons. The Labute approximate surface area is 162 Å². The van der Waals surface area contributed by atoms with Crippen LogP contribution in [-0.2, 0) is 20.0 Å². The molecule has 3 heterocycles. The minimum absolute atomic E-state index is 0.226. The fourth-order valence-electron chi connectivity index (χ4n) is 4.50. The third kappa shape index (κ3) is 2.34. The molecule has 6 nitrogen and oxygen atoms in total. The molecule has 6 rings (SSSR count). The van der Waals surface area contributed by atoms with Gasteiger partial charge in [0.05, 0.1) is 28.7 Å². The van der Waals surface area contributed by atoms with Gasteiger partial charge in [-0.15, -0.1) is 0 Å². The highest BCUT2D eigenvalue weighted by Crippen LogP contribution is 2.54. The predicted octanol–water partition coefficient (Wildman–Crippen LogP) is 3.23. The maximum absolute atomic E-state index is 13.0. The lowest BCUT2D eigenvalue weighted by Gasteiger charge is -2.51. The summed E-state index contributed by atoms with van der Waals surface area (Å²) in [6.45, 7) is 0.226. The molecular weight excluding hydrogens is 358 g/mol. The van der Waals surface area contributed by atoms with E-state index in [-0.39, 0.29) is 23.3 Å². The van der Waals surface area contributed by atoms with E-state index in [1.54, 1.807) is 24.3 Å². The molecular formula is C22H19NO5. The molecule has 2 aromatic rings. The van der Waals surface area contributed by atoms with Crippen LogP contribution in [0.15, 0.2) is 54.6 Å². The van der Waals surface area contributed by atoms with Gasteiger partial charge in [-0.25, -0.2) is 4.79 Å². The number of hydroxylamine groups is 2. The highest BCUT2D eigenvalue weighted by atomic mass is 16.7. The summed E-state index contributed by atoms with van der Waals surface area (Å²) in [7, 11) is 0. The van der Waals surface area contributed by atoms with E-state index < -0.39 is 23.2 Å². The first kappa shape index (κ1) is 17.1. The molecule has 1 saturated carbocycles. The highest BCUT2D eigenvalue weighted by Gasteiger charge is 2.56. The minimum Gasteiger partial charge on any atom is -0.369 e. The number of carbonyl (C=O) groups is 3. The van der Waals surface area contributed by atoms with Crippen molar-refractivity contribution in [1.29, 1.82) is 0 Å². The van der Waals surface area contributed by atoms with Crippen molar-refractivity contribution >= 4 is 17.8 Å². The van der Waals surface area contributed by atoms with E-state index >= 15 is 0 Å². The number of fused-ring (bicyclic) bond motifs is 4. The summed E-state index contributed by atoms with van der Waals surface area (Å²) in [5.41, 5.74) is 0.455. The van der Waals surface area contributed by atoms with Crippen molar-refractivity contribution in [2.45, 2.75) is 31.3 Å². The molecule has 2 amide bonds. The number of benzene rings is 2. The summed E-state index contributed by atoms with van der Waals surface area (Å²) < 4.78 is 6.17. The Kier molecular flexibility index (Phi) is 3.67. The molecule has 3 fully saturated rings. The van der Waals surface area contributed by atoms with Crippen LogP contribution in [-0.4, -0.2) is 29.5 Å². The van der Waals surface area contributed by atoms with Crippen LogP contribution >= 0.6 is 0 Å². The molecule has 2 saturated heterocycles. The Morgan fingerprint density at radius 2 is 1.43 bits per heavy atom. The number of carbonyl (C=O) groups excluding carboxylic acids is 3. The number of rotatable bonds is 3. The molecule has 3 aliphatic heterocycles. The van der Waals surface area contributed by atoms with Gasteiger partial charge in [0.15, 0.2) is 0 Å². The molecule has 0 unspecified atom stereocenters. The van der Waals surface area contributed by atoms with Crippen LogP contribution in [0.2, 0.25) is 0 Å². The smallest absolute Gasteiger partial charge is 0.341 e. The summed E-state index contributed by atoms with van der Waals surface area (Å²) in [6, 6.07) is 16.5. The molecule has 0 N–H and O–H groups in total. The van der Waals surface area contributed by atoms with Gasteiger partial charge in [-0.1, -0.05) is 47.5 Å². The Bertz CT molecular complexity index is 924. The van der Waals surface area contributed by atoms with Gasteiger partial charge in [-0.05, 0) is 43.4 Å². The molecule has 1 aliphatic carbocycles. The average Bonchev–Trinajstić information content (AvgIpc) is 3.01. The highest BCUT2D eigenvalue weighted by molar-refractivity contribution is 6.20. The number of ether oxygens (including phenoxy) is 1. The number of hydrogen-bond acceptors (Lipinski definition) is 5. The van der Waals surface area contributed by atoms with Crippen molar-refractivity contribution in [2.24, 2.45) is 5.41 Å². The van der Waals surface area contributed by atoms with E-state index in [2.05, 4.69) is 12.1 Å². The van der Waals surface area contributed by atoms with Crippen molar-refractivity contribution in [3.63, 3.8) is 0 Å². The molecule has 0 atom stereocenters. The Morgan fingerprint density at radius 1 is 0.857 bits per heavy atom. The second-order valence-corrected chi connectivity index (χ2v) is 7.76. The molecule has 2 bridgehead atoms. The van der Waals surface area contributed by atoms with E-state index in [9.17, 15) is 14.4 Å². The van der Waals surface area contributed by atoms with E-state index in [0.717, 1.165) is 5.56 Å². The van der Waals surface area contributed by atoms with Gasteiger partial charge in [0, 0.05) is 0 Å². The number of hydrogen-bond donors (Lipinski definition) is 0. The first-order chi connectivity index (χ1) is 13.5. The first-order valence-electron chi connectivity index (χ1n) is 9.44. The largest absolute Gasteiger partial charge is 0.369 e. The summed E-state index contributed by atoms with van der Waals surface area (Å²) in [5, 5.41) is 0.593. The fourth-order valence-corrected chi connectivity index (χ4v) is 4.50. The van der Waals surface area contributed by atoms with Crippen LogP contribution in [0.25, 0.3) is 0 Å². The Balaban J connectivity index is 1.33. The van der Waals surface area contributed by atoms with Gasteiger partial charge in [0.2, 0.25) is 0 Å². The van der Waals surface area contributed by atoms with E-state index in [1.165, 1.54) is 0 Å². The van der Waals surface area contributed by atoms with Crippen LogP contribution in [0.1, 0.15) is 52.0 Å². The maximum Gasteiger partial charge on any atom is 0.341 e. The van der Waals surface area contributed by atoms with Crippen LogP contribution in [0, 0.1) is 5.41 Å². The summed E-state index contributed by atoms with van der Waals surface area (Å²) in [6.07, 6.45) is 2.61. The zero-order valence-electron chi connectivity index (χ0n) is 15.2. The predicted molar refractivity (Wildman–Crippen MR) is 98.0 cm³/mol. The molecule has 6 heteroatoms. The summed E-state index contributed by atoms with van der Waals surface area (Å²) in [4.78, 5) is 43.2. The number of amides is 2. The molecule has 28 heavy (non-hydrogen) atoms. The fraction of sp³-hybridized carbons (Fsp3) is 0.318. The van der Waals surface area contributed by atoms with Crippen LogP contribution in [0.3, 0.4) is 0 Å².